The molecule has 1 aromatic carbocycles. The Morgan fingerprint density at radius 1 is 1.44 bits per heavy atom. The van der Waals surface area contributed by atoms with Gasteiger partial charge in [-0.3, -0.25) is 9.59 Å². The van der Waals surface area contributed by atoms with Crippen molar-refractivity contribution in [3.63, 3.8) is 0 Å². The Morgan fingerprint density at radius 3 is 2.72 bits per heavy atom. The number of hydrogen-bond acceptors (Lipinski definition) is 3. The van der Waals surface area contributed by atoms with Crippen molar-refractivity contribution >= 4 is 11.9 Å². The average molecular weight is 246 g/mol. The maximum Gasteiger partial charge on any atom is 0.323 e. The smallest absolute Gasteiger partial charge is 0.323 e. The summed E-state index contributed by atoms with van der Waals surface area (Å²) in [4.78, 5) is 24.0. The third-order valence-electron chi connectivity index (χ3n) is 2.37. The van der Waals surface area contributed by atoms with Gasteiger partial charge in [-0.1, -0.05) is 17.7 Å². The molecule has 1 N–H and O–H groups in total. The molecular weight excluding hydrogens is 232 g/mol. The van der Waals surface area contributed by atoms with Crippen LogP contribution in [0.25, 0.3) is 0 Å². The van der Waals surface area contributed by atoms with Crippen molar-refractivity contribution in [2.75, 3.05) is 13.1 Å². The highest BCUT2D eigenvalue weighted by Crippen LogP contribution is 2.08. The van der Waals surface area contributed by atoms with Gasteiger partial charge in [-0.25, -0.2) is 0 Å². The number of carbonyl (C=O) groups is 2. The van der Waals surface area contributed by atoms with E-state index in [0.717, 1.165) is 5.56 Å². The molecule has 0 bridgehead atoms. The lowest BCUT2D eigenvalue weighted by Gasteiger charge is -2.19. The standard InChI is InChI=1S/C13H14N2O3/c1-10-4-2-5-11(8-10)13(18)15(7-3-6-14)9-12(16)17/h2,4-5,8H,3,7,9H2,1H3,(H,16,17). The quantitative estimate of drug-likeness (QED) is 0.852. The van der Waals surface area contributed by atoms with Crippen LogP contribution in [0.5, 0.6) is 0 Å². The van der Waals surface area contributed by atoms with Gasteiger partial charge in [-0.15, -0.1) is 0 Å². The maximum absolute atomic E-state index is 12.1. The van der Waals surface area contributed by atoms with Crippen LogP contribution in [0.4, 0.5) is 0 Å². The van der Waals surface area contributed by atoms with Crippen molar-refractivity contribution in [2.45, 2.75) is 13.3 Å². The molecule has 0 unspecified atom stereocenters. The van der Waals surface area contributed by atoms with Crippen LogP contribution < -0.4 is 0 Å². The molecule has 0 aromatic heterocycles. The summed E-state index contributed by atoms with van der Waals surface area (Å²) in [5.41, 5.74) is 1.37. The van der Waals surface area contributed by atoms with Gasteiger partial charge in [0.2, 0.25) is 0 Å². The van der Waals surface area contributed by atoms with Crippen molar-refractivity contribution in [3.05, 3.63) is 35.4 Å². The van der Waals surface area contributed by atoms with E-state index in [4.69, 9.17) is 10.4 Å². The molecule has 5 heteroatoms. The van der Waals surface area contributed by atoms with Gasteiger partial charge in [-0.05, 0) is 19.1 Å². The van der Waals surface area contributed by atoms with Gasteiger partial charge in [0.05, 0.1) is 12.5 Å². The van der Waals surface area contributed by atoms with E-state index in [1.54, 1.807) is 18.2 Å². The number of carboxylic acid groups (broad SMARTS) is 1. The van der Waals surface area contributed by atoms with Crippen molar-refractivity contribution < 1.29 is 14.7 Å². The number of aryl methyl sites for hydroxylation is 1. The highest BCUT2D eigenvalue weighted by molar-refractivity contribution is 5.96. The Balaban J connectivity index is 2.87. The summed E-state index contributed by atoms with van der Waals surface area (Å²) in [7, 11) is 0. The van der Waals surface area contributed by atoms with E-state index < -0.39 is 12.5 Å². The lowest BCUT2D eigenvalue weighted by molar-refractivity contribution is -0.137. The van der Waals surface area contributed by atoms with Crippen LogP contribution in [0.2, 0.25) is 0 Å². The zero-order valence-electron chi connectivity index (χ0n) is 10.1. The summed E-state index contributed by atoms with van der Waals surface area (Å²) < 4.78 is 0. The summed E-state index contributed by atoms with van der Waals surface area (Å²) in [6, 6.07) is 8.83. The van der Waals surface area contributed by atoms with E-state index in [-0.39, 0.29) is 18.9 Å². The molecule has 1 rings (SSSR count). The first-order valence-electron chi connectivity index (χ1n) is 5.49. The van der Waals surface area contributed by atoms with E-state index in [1.165, 1.54) is 4.90 Å². The SMILES string of the molecule is Cc1cccc(C(=O)N(CCC#N)CC(=O)O)c1. The summed E-state index contributed by atoms with van der Waals surface area (Å²) in [5.74, 6) is -1.45. The molecule has 0 spiro atoms. The Kier molecular flexibility index (Phi) is 4.88. The number of aliphatic carboxylic acids is 1. The maximum atomic E-state index is 12.1. The number of benzene rings is 1. The van der Waals surface area contributed by atoms with Crippen molar-refractivity contribution in [3.8, 4) is 6.07 Å². The van der Waals surface area contributed by atoms with E-state index in [2.05, 4.69) is 0 Å². The molecule has 0 fully saturated rings. The number of carboxylic acids is 1. The lowest BCUT2D eigenvalue weighted by atomic mass is 10.1. The third kappa shape index (κ3) is 3.91. The van der Waals surface area contributed by atoms with Gasteiger partial charge in [0, 0.05) is 12.1 Å². The zero-order valence-corrected chi connectivity index (χ0v) is 10.1. The molecule has 0 saturated carbocycles. The number of rotatable bonds is 5. The van der Waals surface area contributed by atoms with Crippen LogP contribution >= 0.6 is 0 Å². The average Bonchev–Trinajstić information content (AvgIpc) is 2.33. The lowest BCUT2D eigenvalue weighted by Crippen LogP contribution is -2.36. The Labute approximate surface area is 105 Å². The minimum atomic E-state index is -1.09. The van der Waals surface area contributed by atoms with Crippen molar-refractivity contribution in [1.82, 2.24) is 4.90 Å². The summed E-state index contributed by atoms with van der Waals surface area (Å²) >= 11 is 0. The highest BCUT2D eigenvalue weighted by Gasteiger charge is 2.18. The Hall–Kier alpha value is -2.35. The van der Waals surface area contributed by atoms with Crippen LogP contribution in [-0.4, -0.2) is 35.0 Å². The van der Waals surface area contributed by atoms with Gasteiger partial charge in [0.25, 0.3) is 5.91 Å². The van der Waals surface area contributed by atoms with E-state index in [0.29, 0.717) is 5.56 Å². The molecule has 0 radical (unpaired) electrons. The number of carbonyl (C=O) groups excluding carboxylic acids is 1. The number of amides is 1. The molecule has 0 heterocycles. The van der Waals surface area contributed by atoms with Crippen LogP contribution in [-0.2, 0) is 4.79 Å². The summed E-state index contributed by atoms with van der Waals surface area (Å²) in [6.07, 6.45) is 0.116. The summed E-state index contributed by atoms with van der Waals surface area (Å²) in [5, 5.41) is 17.3. The Bertz CT molecular complexity index is 491. The molecular formula is C13H14N2O3. The van der Waals surface area contributed by atoms with Crippen molar-refractivity contribution in [1.29, 1.82) is 5.26 Å². The molecule has 0 saturated heterocycles. The third-order valence-corrected chi connectivity index (χ3v) is 2.37. The van der Waals surface area contributed by atoms with E-state index >= 15 is 0 Å². The zero-order chi connectivity index (χ0) is 13.5. The monoisotopic (exact) mass is 246 g/mol. The molecule has 1 amide bonds. The number of nitrogens with zero attached hydrogens (tertiary/aromatic N) is 2. The molecule has 5 nitrogen and oxygen atoms in total. The molecule has 1 aromatic rings. The predicted octanol–water partition coefficient (Wildman–Crippen LogP) is 1.44. The van der Waals surface area contributed by atoms with Gasteiger partial charge >= 0.3 is 5.97 Å². The Morgan fingerprint density at radius 2 is 2.17 bits per heavy atom. The molecule has 18 heavy (non-hydrogen) atoms. The predicted molar refractivity (Wildman–Crippen MR) is 64.9 cm³/mol. The normalized spacial score (nSPS) is 9.56. The van der Waals surface area contributed by atoms with Gasteiger partial charge in [0.15, 0.2) is 0 Å². The van der Waals surface area contributed by atoms with Gasteiger partial charge < -0.3 is 10.0 Å². The molecule has 0 aliphatic rings. The largest absolute Gasteiger partial charge is 0.480 e. The fourth-order valence-electron chi connectivity index (χ4n) is 1.56. The molecule has 94 valence electrons. The fraction of sp³-hybridized carbons (Fsp3) is 0.308. The second-order valence-corrected chi connectivity index (χ2v) is 3.90. The minimum absolute atomic E-state index is 0.116. The number of hydrogen-bond donors (Lipinski definition) is 1. The second-order valence-electron chi connectivity index (χ2n) is 3.90. The second kappa shape index (κ2) is 6.40. The van der Waals surface area contributed by atoms with Crippen LogP contribution in [0, 0.1) is 18.3 Å². The highest BCUT2D eigenvalue weighted by atomic mass is 16.4. The minimum Gasteiger partial charge on any atom is -0.480 e. The first kappa shape index (κ1) is 13.7. The molecule has 0 aliphatic carbocycles. The van der Waals surface area contributed by atoms with Crippen LogP contribution in [0.15, 0.2) is 24.3 Å². The fourth-order valence-corrected chi connectivity index (χ4v) is 1.56. The first-order chi connectivity index (χ1) is 8.54. The number of nitriles is 1. The van der Waals surface area contributed by atoms with E-state index in [1.807, 2.05) is 19.1 Å². The van der Waals surface area contributed by atoms with Gasteiger partial charge in [-0.2, -0.15) is 5.26 Å². The molecule has 0 aliphatic heterocycles. The summed E-state index contributed by atoms with van der Waals surface area (Å²) in [6.45, 7) is 1.58. The van der Waals surface area contributed by atoms with E-state index in [9.17, 15) is 9.59 Å². The molecule has 0 atom stereocenters. The van der Waals surface area contributed by atoms with Crippen LogP contribution in [0.3, 0.4) is 0 Å². The topological polar surface area (TPSA) is 81.4 Å². The van der Waals surface area contributed by atoms with Crippen LogP contribution in [0.1, 0.15) is 22.3 Å². The van der Waals surface area contributed by atoms with Crippen molar-refractivity contribution in [2.24, 2.45) is 0 Å². The first-order valence-corrected chi connectivity index (χ1v) is 5.49. The van der Waals surface area contributed by atoms with Gasteiger partial charge in [0.1, 0.15) is 6.54 Å².